The minimum Gasteiger partial charge on any atom is -0.478 e. The standard InChI is InChI=1S/C19H23FN4OS.2C4H4O4/c1-2-14-12-15-18(24-7-5-23(6-8-24)9-10-25)21-17-11-13(20)3-4-16(17)22-19(15)26-14;2*5-3(6)1-2-4(7)8/h3-4,11-12,22,25H,2,5-10H2,1H3;2*1-2H,(H,5,6)(H,7,8)/b;2*2-1-. The Kier molecular flexibility index (Phi) is 13.3. The lowest BCUT2D eigenvalue weighted by atomic mass is 10.2. The van der Waals surface area contributed by atoms with E-state index in [-0.39, 0.29) is 12.4 Å². The first-order valence-corrected chi connectivity index (χ1v) is 13.4. The van der Waals surface area contributed by atoms with Crippen LogP contribution in [0.15, 0.2) is 53.6 Å². The molecule has 0 amide bonds. The Labute approximate surface area is 244 Å². The third-order valence-corrected chi connectivity index (χ3v) is 6.83. The molecule has 3 heterocycles. The highest BCUT2D eigenvalue weighted by Crippen LogP contribution is 2.40. The lowest BCUT2D eigenvalue weighted by Crippen LogP contribution is -2.49. The van der Waals surface area contributed by atoms with Gasteiger partial charge in [-0.25, -0.2) is 28.6 Å². The van der Waals surface area contributed by atoms with Gasteiger partial charge in [-0.3, -0.25) is 4.90 Å². The number of carboxylic acids is 4. The molecule has 0 atom stereocenters. The second kappa shape index (κ2) is 16.6. The van der Waals surface area contributed by atoms with Crippen LogP contribution >= 0.6 is 11.3 Å². The number of piperazine rings is 1. The number of amidine groups is 1. The summed E-state index contributed by atoms with van der Waals surface area (Å²) in [4.78, 5) is 48.9. The number of carbonyl (C=O) groups is 4. The number of β-amino-alcohol motifs (C(OH)–C–C–N with tert-alkyl or cyclic N) is 1. The van der Waals surface area contributed by atoms with Crippen LogP contribution in [0, 0.1) is 5.82 Å². The molecule has 0 aliphatic carbocycles. The van der Waals surface area contributed by atoms with Crippen LogP contribution in [0.1, 0.15) is 17.4 Å². The fraction of sp³-hybridized carbons (Fsp3) is 0.296. The monoisotopic (exact) mass is 606 g/mol. The van der Waals surface area contributed by atoms with Crippen molar-refractivity contribution in [1.29, 1.82) is 0 Å². The van der Waals surface area contributed by atoms with Gasteiger partial charge < -0.3 is 35.7 Å². The van der Waals surface area contributed by atoms with Gasteiger partial charge >= 0.3 is 23.9 Å². The second-order valence-electron chi connectivity index (χ2n) is 8.60. The molecule has 2 aliphatic heterocycles. The molecule has 1 aromatic carbocycles. The van der Waals surface area contributed by atoms with Crippen molar-refractivity contribution in [1.82, 2.24) is 9.80 Å². The fourth-order valence-corrected chi connectivity index (χ4v) is 4.73. The molecule has 1 fully saturated rings. The van der Waals surface area contributed by atoms with Gasteiger partial charge in [-0.1, -0.05) is 6.92 Å². The number of thiophene rings is 1. The molecule has 226 valence electrons. The molecule has 6 N–H and O–H groups in total. The zero-order valence-electron chi connectivity index (χ0n) is 22.6. The Bertz CT molecular complexity index is 1300. The van der Waals surface area contributed by atoms with Gasteiger partial charge in [0.05, 0.1) is 23.5 Å². The molecule has 0 spiro atoms. The van der Waals surface area contributed by atoms with E-state index in [0.29, 0.717) is 36.5 Å². The molecule has 2 aliphatic rings. The van der Waals surface area contributed by atoms with Gasteiger partial charge in [-0.05, 0) is 24.6 Å². The summed E-state index contributed by atoms with van der Waals surface area (Å²) in [5.41, 5.74) is 2.57. The van der Waals surface area contributed by atoms with Gasteiger partial charge in [0.25, 0.3) is 0 Å². The maximum atomic E-state index is 13.8. The van der Waals surface area contributed by atoms with Gasteiger partial charge in [-0.15, -0.1) is 11.3 Å². The van der Waals surface area contributed by atoms with E-state index < -0.39 is 23.9 Å². The minimum atomic E-state index is -1.26. The van der Waals surface area contributed by atoms with Crippen LogP contribution < -0.4 is 5.32 Å². The predicted octanol–water partition coefficient (Wildman–Crippen LogP) is 2.62. The fourth-order valence-electron chi connectivity index (χ4n) is 3.73. The molecular formula is C27H31FN4O9S. The number of hydrogen-bond acceptors (Lipinski definition) is 10. The molecule has 1 aromatic heterocycles. The van der Waals surface area contributed by atoms with Crippen molar-refractivity contribution in [2.75, 3.05) is 44.6 Å². The lowest BCUT2D eigenvalue weighted by molar-refractivity contribution is -0.134. The third kappa shape index (κ3) is 11.1. The Hall–Kier alpha value is -4.60. The number of halogens is 1. The zero-order valence-corrected chi connectivity index (χ0v) is 23.4. The van der Waals surface area contributed by atoms with Crippen molar-refractivity contribution >= 4 is 57.4 Å². The Morgan fingerprint density at radius 2 is 1.48 bits per heavy atom. The Morgan fingerprint density at radius 1 is 0.929 bits per heavy atom. The molecule has 42 heavy (non-hydrogen) atoms. The molecule has 2 aromatic rings. The summed E-state index contributed by atoms with van der Waals surface area (Å²) in [6, 6.07) is 6.91. The van der Waals surface area contributed by atoms with E-state index in [9.17, 15) is 23.6 Å². The van der Waals surface area contributed by atoms with Crippen molar-refractivity contribution in [3.8, 4) is 0 Å². The largest absolute Gasteiger partial charge is 0.478 e. The van der Waals surface area contributed by atoms with Crippen molar-refractivity contribution in [3.05, 3.63) is 64.8 Å². The van der Waals surface area contributed by atoms with E-state index in [4.69, 9.17) is 30.5 Å². The van der Waals surface area contributed by atoms with Crippen molar-refractivity contribution in [2.45, 2.75) is 13.3 Å². The van der Waals surface area contributed by atoms with Gasteiger partial charge in [-0.2, -0.15) is 0 Å². The number of carboxylic acid groups (broad SMARTS) is 4. The maximum Gasteiger partial charge on any atom is 0.328 e. The number of aliphatic carboxylic acids is 4. The average molecular weight is 607 g/mol. The number of nitrogens with one attached hydrogen (secondary N) is 1. The number of aliphatic hydroxyl groups excluding tert-OH is 1. The first-order valence-electron chi connectivity index (χ1n) is 12.6. The number of anilines is 2. The Morgan fingerprint density at radius 3 is 1.95 bits per heavy atom. The number of aliphatic hydroxyl groups is 1. The summed E-state index contributed by atoms with van der Waals surface area (Å²) in [7, 11) is 0. The van der Waals surface area contributed by atoms with Crippen LogP contribution in [-0.4, -0.2) is 104 Å². The number of nitrogens with zero attached hydrogens (tertiary/aromatic N) is 3. The number of hydrogen-bond donors (Lipinski definition) is 6. The van der Waals surface area contributed by atoms with Gasteiger partial charge in [0, 0.05) is 68.0 Å². The molecule has 15 heteroatoms. The maximum absolute atomic E-state index is 13.8. The third-order valence-electron chi connectivity index (χ3n) is 5.63. The molecule has 13 nitrogen and oxygen atoms in total. The summed E-state index contributed by atoms with van der Waals surface area (Å²) in [6.45, 7) is 6.53. The van der Waals surface area contributed by atoms with Gasteiger partial charge in [0.1, 0.15) is 16.7 Å². The van der Waals surface area contributed by atoms with Crippen LogP contribution in [0.25, 0.3) is 0 Å². The molecule has 1 saturated heterocycles. The van der Waals surface area contributed by atoms with Gasteiger partial charge in [0.2, 0.25) is 0 Å². The SMILES string of the molecule is CCc1cc2c(s1)Nc1ccc(F)cc1N=C2N1CCN(CCO)CC1.O=C(O)/C=C\C(=O)O.O=C(O)/C=C\C(=O)O. The summed E-state index contributed by atoms with van der Waals surface area (Å²) in [5, 5.41) is 44.9. The molecule has 0 radical (unpaired) electrons. The number of benzene rings is 1. The summed E-state index contributed by atoms with van der Waals surface area (Å²) in [6.07, 6.45) is 3.21. The van der Waals surface area contributed by atoms with Crippen LogP contribution in [-0.2, 0) is 25.6 Å². The highest BCUT2D eigenvalue weighted by molar-refractivity contribution is 7.16. The average Bonchev–Trinajstić information content (AvgIpc) is 3.28. The van der Waals surface area contributed by atoms with Crippen LogP contribution in [0.5, 0.6) is 0 Å². The van der Waals surface area contributed by atoms with Crippen LogP contribution in [0.3, 0.4) is 0 Å². The molecule has 0 saturated carbocycles. The lowest BCUT2D eigenvalue weighted by Gasteiger charge is -2.36. The molecule has 0 unspecified atom stereocenters. The quantitative estimate of drug-likeness (QED) is 0.252. The minimum absolute atomic E-state index is 0.187. The topological polar surface area (TPSA) is 200 Å². The number of aliphatic imine (C=N–C) groups is 1. The van der Waals surface area contributed by atoms with E-state index in [2.05, 4.69) is 28.1 Å². The summed E-state index contributed by atoms with van der Waals surface area (Å²) >= 11 is 1.74. The second-order valence-corrected chi connectivity index (χ2v) is 9.74. The molecular weight excluding hydrogens is 575 g/mol. The first kappa shape index (κ1) is 33.6. The zero-order chi connectivity index (χ0) is 31.2. The van der Waals surface area contributed by atoms with E-state index in [1.54, 1.807) is 17.4 Å². The van der Waals surface area contributed by atoms with E-state index in [1.807, 2.05) is 0 Å². The highest BCUT2D eigenvalue weighted by Gasteiger charge is 2.26. The number of rotatable bonds is 7. The van der Waals surface area contributed by atoms with E-state index >= 15 is 0 Å². The smallest absolute Gasteiger partial charge is 0.328 e. The van der Waals surface area contributed by atoms with Crippen LogP contribution in [0.2, 0.25) is 0 Å². The molecule has 4 rings (SSSR count). The van der Waals surface area contributed by atoms with E-state index in [0.717, 1.165) is 54.7 Å². The molecule has 0 bridgehead atoms. The van der Waals surface area contributed by atoms with Crippen molar-refractivity contribution in [3.63, 3.8) is 0 Å². The first-order chi connectivity index (χ1) is 19.9. The normalized spacial score (nSPS) is 14.3. The number of fused-ring (bicyclic) bond motifs is 2. The summed E-state index contributed by atoms with van der Waals surface area (Å²) in [5.74, 6) is -4.39. The van der Waals surface area contributed by atoms with Gasteiger partial charge in [0.15, 0.2) is 0 Å². The van der Waals surface area contributed by atoms with Crippen LogP contribution in [0.4, 0.5) is 20.8 Å². The number of aryl methyl sites for hydroxylation is 1. The van der Waals surface area contributed by atoms with E-state index in [1.165, 1.54) is 17.0 Å². The predicted molar refractivity (Wildman–Crippen MR) is 153 cm³/mol. The van der Waals surface area contributed by atoms with Crippen molar-refractivity contribution < 1.29 is 49.1 Å². The highest BCUT2D eigenvalue weighted by atomic mass is 32.1. The summed E-state index contributed by atoms with van der Waals surface area (Å²) < 4.78 is 13.8. The Balaban J connectivity index is 0.000000319. The van der Waals surface area contributed by atoms with Crippen molar-refractivity contribution in [2.24, 2.45) is 4.99 Å².